The second-order valence-electron chi connectivity index (χ2n) is 4.97. The van der Waals surface area contributed by atoms with Crippen LogP contribution in [0.5, 0.6) is 5.75 Å². The van der Waals surface area contributed by atoms with Gasteiger partial charge in [-0.1, -0.05) is 19.8 Å². The van der Waals surface area contributed by atoms with Crippen molar-refractivity contribution >= 4 is 0 Å². The fraction of sp³-hybridized carbons (Fsp3) is 0.786. The number of methoxy groups -OCH3 is 1. The quantitative estimate of drug-likeness (QED) is 0.874. The van der Waals surface area contributed by atoms with Crippen LogP contribution in [0.1, 0.15) is 51.1 Å². The molecule has 1 saturated carbocycles. The molecule has 18 heavy (non-hydrogen) atoms. The first-order chi connectivity index (χ1) is 8.81. The minimum absolute atomic E-state index is 0.538. The lowest BCUT2D eigenvalue weighted by atomic mass is 9.82. The number of aromatic nitrogens is 2. The van der Waals surface area contributed by atoms with Gasteiger partial charge in [0.1, 0.15) is 0 Å². The van der Waals surface area contributed by atoms with E-state index in [9.17, 15) is 0 Å². The second kappa shape index (κ2) is 6.23. The topological polar surface area (TPSA) is 39.1 Å². The SMILES string of the molecule is CCNC1CCCCC1c1c(OC)cnn1CC. The van der Waals surface area contributed by atoms with E-state index in [1.807, 2.05) is 6.20 Å². The van der Waals surface area contributed by atoms with E-state index in [4.69, 9.17) is 4.74 Å². The maximum atomic E-state index is 5.50. The average Bonchev–Trinajstić information content (AvgIpc) is 2.82. The van der Waals surface area contributed by atoms with Crippen molar-refractivity contribution in [3.63, 3.8) is 0 Å². The molecule has 0 bridgehead atoms. The highest BCUT2D eigenvalue weighted by molar-refractivity contribution is 5.30. The van der Waals surface area contributed by atoms with Gasteiger partial charge in [-0.05, 0) is 26.3 Å². The van der Waals surface area contributed by atoms with Crippen molar-refractivity contribution in [2.75, 3.05) is 13.7 Å². The predicted molar refractivity (Wildman–Crippen MR) is 73.1 cm³/mol. The highest BCUT2D eigenvalue weighted by Gasteiger charge is 2.30. The fourth-order valence-corrected chi connectivity index (χ4v) is 3.13. The molecule has 1 fully saturated rings. The van der Waals surface area contributed by atoms with E-state index in [2.05, 4.69) is 28.9 Å². The van der Waals surface area contributed by atoms with Crippen LogP contribution in [0, 0.1) is 0 Å². The molecule has 1 aliphatic carbocycles. The summed E-state index contributed by atoms with van der Waals surface area (Å²) in [6.07, 6.45) is 6.99. The molecular formula is C14H25N3O. The van der Waals surface area contributed by atoms with E-state index in [1.165, 1.54) is 31.4 Å². The smallest absolute Gasteiger partial charge is 0.160 e. The van der Waals surface area contributed by atoms with Crippen molar-refractivity contribution in [2.24, 2.45) is 0 Å². The Morgan fingerprint density at radius 3 is 2.83 bits per heavy atom. The molecule has 0 saturated heterocycles. The van der Waals surface area contributed by atoms with Crippen LogP contribution in [0.3, 0.4) is 0 Å². The maximum absolute atomic E-state index is 5.50. The monoisotopic (exact) mass is 251 g/mol. The normalized spacial score (nSPS) is 24.2. The zero-order valence-electron chi connectivity index (χ0n) is 11.8. The predicted octanol–water partition coefficient (Wildman–Crippen LogP) is 2.55. The van der Waals surface area contributed by atoms with Gasteiger partial charge in [-0.15, -0.1) is 0 Å². The number of hydrogen-bond acceptors (Lipinski definition) is 3. The number of ether oxygens (including phenoxy) is 1. The maximum Gasteiger partial charge on any atom is 0.160 e. The largest absolute Gasteiger partial charge is 0.493 e. The molecule has 1 aromatic rings. The standard InChI is InChI=1S/C14H25N3O/c1-4-15-12-9-7-6-8-11(12)14-13(18-3)10-16-17(14)5-2/h10-12,15H,4-9H2,1-3H3. The van der Waals surface area contributed by atoms with Crippen LogP contribution in [0.15, 0.2) is 6.20 Å². The number of rotatable bonds is 5. The Balaban J connectivity index is 2.28. The summed E-state index contributed by atoms with van der Waals surface area (Å²) in [4.78, 5) is 0. The summed E-state index contributed by atoms with van der Waals surface area (Å²) in [7, 11) is 1.74. The van der Waals surface area contributed by atoms with Crippen molar-refractivity contribution in [2.45, 2.75) is 58.0 Å². The van der Waals surface area contributed by atoms with E-state index in [0.29, 0.717) is 12.0 Å². The number of nitrogens with one attached hydrogen (secondary N) is 1. The third kappa shape index (κ3) is 2.53. The molecule has 2 unspecified atom stereocenters. The van der Waals surface area contributed by atoms with Crippen LogP contribution in [-0.4, -0.2) is 29.5 Å². The third-order valence-electron chi connectivity index (χ3n) is 3.95. The molecule has 1 aliphatic rings. The molecule has 0 aromatic carbocycles. The number of hydrogen-bond donors (Lipinski definition) is 1. The van der Waals surface area contributed by atoms with Crippen LogP contribution in [0.25, 0.3) is 0 Å². The summed E-state index contributed by atoms with van der Waals surface area (Å²) in [5.74, 6) is 1.49. The minimum Gasteiger partial charge on any atom is -0.493 e. The lowest BCUT2D eigenvalue weighted by Crippen LogP contribution is -2.38. The molecule has 0 aliphatic heterocycles. The first-order valence-electron chi connectivity index (χ1n) is 7.14. The van der Waals surface area contributed by atoms with Crippen molar-refractivity contribution in [3.05, 3.63) is 11.9 Å². The van der Waals surface area contributed by atoms with E-state index in [-0.39, 0.29) is 0 Å². The van der Waals surface area contributed by atoms with Gasteiger partial charge in [0.2, 0.25) is 0 Å². The third-order valence-corrected chi connectivity index (χ3v) is 3.95. The van der Waals surface area contributed by atoms with Gasteiger partial charge in [0.15, 0.2) is 5.75 Å². The summed E-state index contributed by atoms with van der Waals surface area (Å²) in [5.41, 5.74) is 1.28. The van der Waals surface area contributed by atoms with Crippen molar-refractivity contribution in [1.82, 2.24) is 15.1 Å². The van der Waals surface area contributed by atoms with E-state index in [0.717, 1.165) is 18.8 Å². The lowest BCUT2D eigenvalue weighted by molar-refractivity contribution is 0.308. The Labute approximate surface area is 110 Å². The molecule has 4 heteroatoms. The van der Waals surface area contributed by atoms with Crippen molar-refractivity contribution in [3.8, 4) is 5.75 Å². The van der Waals surface area contributed by atoms with Gasteiger partial charge in [-0.2, -0.15) is 5.10 Å². The zero-order valence-corrected chi connectivity index (χ0v) is 11.8. The van der Waals surface area contributed by atoms with Crippen LogP contribution >= 0.6 is 0 Å². The van der Waals surface area contributed by atoms with Gasteiger partial charge in [-0.25, -0.2) is 0 Å². The van der Waals surface area contributed by atoms with Crippen LogP contribution < -0.4 is 10.1 Å². The number of nitrogens with zero attached hydrogens (tertiary/aromatic N) is 2. The molecule has 2 atom stereocenters. The highest BCUT2D eigenvalue weighted by atomic mass is 16.5. The first-order valence-corrected chi connectivity index (χ1v) is 7.14. The summed E-state index contributed by atoms with van der Waals surface area (Å²) in [6.45, 7) is 6.26. The summed E-state index contributed by atoms with van der Waals surface area (Å²) < 4.78 is 7.59. The molecule has 102 valence electrons. The Kier molecular flexibility index (Phi) is 4.64. The Hall–Kier alpha value is -1.03. The lowest BCUT2D eigenvalue weighted by Gasteiger charge is -2.32. The number of likely N-dealkylation sites (N-methyl/N-ethyl adjacent to an activating group) is 1. The van der Waals surface area contributed by atoms with Gasteiger partial charge < -0.3 is 10.1 Å². The number of aryl methyl sites for hydroxylation is 1. The summed E-state index contributed by atoms with van der Waals surface area (Å²) >= 11 is 0. The van der Waals surface area contributed by atoms with Gasteiger partial charge in [0.25, 0.3) is 0 Å². The van der Waals surface area contributed by atoms with Gasteiger partial charge >= 0.3 is 0 Å². The first kappa shape index (κ1) is 13.4. The summed E-state index contributed by atoms with van der Waals surface area (Å²) in [6, 6.07) is 0.569. The Morgan fingerprint density at radius 2 is 2.17 bits per heavy atom. The minimum atomic E-state index is 0.538. The molecule has 0 radical (unpaired) electrons. The molecular weight excluding hydrogens is 226 g/mol. The Morgan fingerprint density at radius 1 is 1.39 bits per heavy atom. The van der Waals surface area contributed by atoms with E-state index < -0.39 is 0 Å². The molecule has 1 N–H and O–H groups in total. The fourth-order valence-electron chi connectivity index (χ4n) is 3.13. The molecule has 1 aromatic heterocycles. The molecule has 0 spiro atoms. The van der Waals surface area contributed by atoms with E-state index >= 15 is 0 Å². The van der Waals surface area contributed by atoms with Crippen LogP contribution in [-0.2, 0) is 6.54 Å². The van der Waals surface area contributed by atoms with Crippen LogP contribution in [0.4, 0.5) is 0 Å². The van der Waals surface area contributed by atoms with Crippen molar-refractivity contribution < 1.29 is 4.74 Å². The second-order valence-corrected chi connectivity index (χ2v) is 4.97. The van der Waals surface area contributed by atoms with Crippen molar-refractivity contribution in [1.29, 1.82) is 0 Å². The van der Waals surface area contributed by atoms with Gasteiger partial charge in [0, 0.05) is 18.5 Å². The Bertz CT molecular complexity index is 352. The highest BCUT2D eigenvalue weighted by Crippen LogP contribution is 2.37. The average molecular weight is 251 g/mol. The molecule has 4 nitrogen and oxygen atoms in total. The van der Waals surface area contributed by atoms with Gasteiger partial charge in [-0.3, -0.25) is 4.68 Å². The van der Waals surface area contributed by atoms with Gasteiger partial charge in [0.05, 0.1) is 19.0 Å². The van der Waals surface area contributed by atoms with E-state index in [1.54, 1.807) is 7.11 Å². The molecule has 1 heterocycles. The zero-order chi connectivity index (χ0) is 13.0. The summed E-state index contributed by atoms with van der Waals surface area (Å²) in [5, 5.41) is 8.07. The molecule has 0 amide bonds. The van der Waals surface area contributed by atoms with Crippen LogP contribution in [0.2, 0.25) is 0 Å². The molecule has 2 rings (SSSR count).